The first-order valence-corrected chi connectivity index (χ1v) is 7.46. The molecule has 0 aliphatic rings. The molecule has 3 rings (SSSR count). The van der Waals surface area contributed by atoms with E-state index >= 15 is 0 Å². The molecule has 0 saturated carbocycles. The lowest BCUT2D eigenvalue weighted by Crippen LogP contribution is -2.26. The van der Waals surface area contributed by atoms with Crippen molar-refractivity contribution in [2.45, 2.75) is 13.5 Å². The fourth-order valence-electron chi connectivity index (χ4n) is 2.16. The summed E-state index contributed by atoms with van der Waals surface area (Å²) in [6.07, 6.45) is 0. The zero-order valence-corrected chi connectivity index (χ0v) is 12.3. The van der Waals surface area contributed by atoms with Crippen LogP contribution in [-0.2, 0) is 6.54 Å². The Morgan fingerprint density at radius 2 is 2.14 bits per heavy atom. The number of aromatic nitrogens is 1. The van der Waals surface area contributed by atoms with Gasteiger partial charge in [-0.15, -0.1) is 11.3 Å². The number of hydrogen-bond acceptors (Lipinski definition) is 3. The molecule has 0 aliphatic carbocycles. The van der Waals surface area contributed by atoms with Gasteiger partial charge in [0.25, 0.3) is 11.5 Å². The minimum atomic E-state index is -0.167. The molecule has 0 bridgehead atoms. The van der Waals surface area contributed by atoms with E-state index in [-0.39, 0.29) is 18.0 Å². The lowest BCUT2D eigenvalue weighted by Gasteiger charge is -2.05. The average Bonchev–Trinajstić information content (AvgIpc) is 2.99. The summed E-state index contributed by atoms with van der Waals surface area (Å²) in [7, 11) is 0. The summed E-state index contributed by atoms with van der Waals surface area (Å²) in [5.74, 6) is -0.159. The van der Waals surface area contributed by atoms with Gasteiger partial charge < -0.3 is 10.3 Å². The number of benzene rings is 1. The highest BCUT2D eigenvalue weighted by Gasteiger charge is 2.08. The number of aryl methyl sites for hydroxylation is 1. The number of fused-ring (bicyclic) bond motifs is 1. The average molecular weight is 298 g/mol. The third-order valence-electron chi connectivity index (χ3n) is 3.26. The number of amides is 1. The van der Waals surface area contributed by atoms with Crippen molar-refractivity contribution in [2.24, 2.45) is 0 Å². The van der Waals surface area contributed by atoms with Crippen LogP contribution in [-0.4, -0.2) is 10.9 Å². The Morgan fingerprint density at radius 3 is 2.90 bits per heavy atom. The third kappa shape index (κ3) is 2.87. The lowest BCUT2D eigenvalue weighted by molar-refractivity contribution is 0.0955. The molecule has 2 aromatic heterocycles. The molecule has 0 aliphatic heterocycles. The van der Waals surface area contributed by atoms with Crippen molar-refractivity contribution < 1.29 is 4.79 Å². The summed E-state index contributed by atoms with van der Waals surface area (Å²) in [5, 5.41) is 5.58. The van der Waals surface area contributed by atoms with Gasteiger partial charge in [-0.2, -0.15) is 0 Å². The Bertz CT molecular complexity index is 850. The quantitative estimate of drug-likeness (QED) is 0.781. The SMILES string of the molecule is Cc1ccc2cc(CNC(=O)c3cccs3)c(=O)[nH]c2c1. The molecular weight excluding hydrogens is 284 g/mol. The number of rotatable bonds is 3. The van der Waals surface area contributed by atoms with Crippen molar-refractivity contribution in [1.29, 1.82) is 0 Å². The van der Waals surface area contributed by atoms with E-state index in [0.29, 0.717) is 10.4 Å². The van der Waals surface area contributed by atoms with Gasteiger partial charge in [0.05, 0.1) is 4.88 Å². The Balaban J connectivity index is 1.84. The molecule has 0 radical (unpaired) electrons. The van der Waals surface area contributed by atoms with Crippen LogP contribution in [0.2, 0.25) is 0 Å². The summed E-state index contributed by atoms with van der Waals surface area (Å²) >= 11 is 1.38. The van der Waals surface area contributed by atoms with Crippen LogP contribution in [0.5, 0.6) is 0 Å². The minimum Gasteiger partial charge on any atom is -0.347 e. The molecule has 5 heteroatoms. The molecule has 0 unspecified atom stereocenters. The van der Waals surface area contributed by atoms with E-state index in [9.17, 15) is 9.59 Å². The Morgan fingerprint density at radius 1 is 1.29 bits per heavy atom. The topological polar surface area (TPSA) is 62.0 Å². The van der Waals surface area contributed by atoms with Gasteiger partial charge in [-0.05, 0) is 41.5 Å². The Hall–Kier alpha value is -2.40. The monoisotopic (exact) mass is 298 g/mol. The van der Waals surface area contributed by atoms with E-state index in [1.54, 1.807) is 6.07 Å². The molecule has 0 atom stereocenters. The molecule has 1 amide bonds. The van der Waals surface area contributed by atoms with Crippen LogP contribution in [0.15, 0.2) is 46.6 Å². The summed E-state index contributed by atoms with van der Waals surface area (Å²) in [5.41, 5.74) is 2.29. The van der Waals surface area contributed by atoms with Gasteiger partial charge in [-0.3, -0.25) is 9.59 Å². The number of H-pyrrole nitrogens is 1. The van der Waals surface area contributed by atoms with Crippen LogP contribution in [0.25, 0.3) is 10.9 Å². The fourth-order valence-corrected chi connectivity index (χ4v) is 2.80. The van der Waals surface area contributed by atoms with Crippen molar-refractivity contribution in [3.8, 4) is 0 Å². The number of thiophene rings is 1. The van der Waals surface area contributed by atoms with Gasteiger partial charge in [0.1, 0.15) is 0 Å². The number of aromatic amines is 1. The van der Waals surface area contributed by atoms with Crippen molar-refractivity contribution in [1.82, 2.24) is 10.3 Å². The van der Waals surface area contributed by atoms with Crippen molar-refractivity contribution in [3.05, 3.63) is 68.1 Å². The van der Waals surface area contributed by atoms with E-state index in [1.165, 1.54) is 11.3 Å². The van der Waals surface area contributed by atoms with Gasteiger partial charge in [0.15, 0.2) is 0 Å². The van der Waals surface area contributed by atoms with Gasteiger partial charge >= 0.3 is 0 Å². The Kier molecular flexibility index (Phi) is 3.58. The van der Waals surface area contributed by atoms with E-state index in [1.807, 2.05) is 42.6 Å². The summed E-state index contributed by atoms with van der Waals surface area (Å²) < 4.78 is 0. The zero-order valence-electron chi connectivity index (χ0n) is 11.5. The largest absolute Gasteiger partial charge is 0.347 e. The predicted molar refractivity (Wildman–Crippen MR) is 84.8 cm³/mol. The molecule has 0 saturated heterocycles. The highest BCUT2D eigenvalue weighted by atomic mass is 32.1. The highest BCUT2D eigenvalue weighted by Crippen LogP contribution is 2.13. The molecule has 4 nitrogen and oxygen atoms in total. The number of nitrogens with one attached hydrogen (secondary N) is 2. The van der Waals surface area contributed by atoms with E-state index in [0.717, 1.165) is 16.5 Å². The zero-order chi connectivity index (χ0) is 14.8. The summed E-state index contributed by atoms with van der Waals surface area (Å²) in [6, 6.07) is 11.3. The first kappa shape index (κ1) is 13.6. The first-order valence-electron chi connectivity index (χ1n) is 6.58. The van der Waals surface area contributed by atoms with Gasteiger partial charge in [0.2, 0.25) is 0 Å². The molecule has 106 valence electrons. The second-order valence-electron chi connectivity index (χ2n) is 4.87. The van der Waals surface area contributed by atoms with Crippen molar-refractivity contribution >= 4 is 28.1 Å². The number of pyridine rings is 1. The van der Waals surface area contributed by atoms with Crippen LogP contribution < -0.4 is 10.9 Å². The molecule has 0 spiro atoms. The minimum absolute atomic E-state index is 0.159. The highest BCUT2D eigenvalue weighted by molar-refractivity contribution is 7.12. The second-order valence-corrected chi connectivity index (χ2v) is 5.82. The van der Waals surface area contributed by atoms with Crippen LogP contribution in [0.4, 0.5) is 0 Å². The van der Waals surface area contributed by atoms with E-state index in [4.69, 9.17) is 0 Å². The maximum absolute atomic E-state index is 12.0. The maximum atomic E-state index is 12.0. The summed E-state index contributed by atoms with van der Waals surface area (Å²) in [4.78, 5) is 27.4. The van der Waals surface area contributed by atoms with Gasteiger partial charge in [-0.1, -0.05) is 18.2 Å². The smallest absolute Gasteiger partial charge is 0.261 e. The van der Waals surface area contributed by atoms with Crippen molar-refractivity contribution in [3.63, 3.8) is 0 Å². The number of hydrogen-bond donors (Lipinski definition) is 2. The van der Waals surface area contributed by atoms with Crippen LogP contribution in [0.3, 0.4) is 0 Å². The third-order valence-corrected chi connectivity index (χ3v) is 4.13. The lowest BCUT2D eigenvalue weighted by atomic mass is 10.1. The van der Waals surface area contributed by atoms with E-state index < -0.39 is 0 Å². The van der Waals surface area contributed by atoms with Crippen LogP contribution in [0.1, 0.15) is 20.8 Å². The molecule has 1 aromatic carbocycles. The standard InChI is InChI=1S/C16H14N2O2S/c1-10-4-5-11-8-12(15(19)18-13(11)7-10)9-17-16(20)14-3-2-6-21-14/h2-8H,9H2,1H3,(H,17,20)(H,18,19). The molecule has 3 aromatic rings. The predicted octanol–water partition coefficient (Wildman–Crippen LogP) is 2.83. The number of carbonyl (C=O) groups excluding carboxylic acids is 1. The molecule has 0 fully saturated rings. The molecule has 21 heavy (non-hydrogen) atoms. The first-order chi connectivity index (χ1) is 10.1. The summed E-state index contributed by atoms with van der Waals surface area (Å²) in [6.45, 7) is 2.20. The second kappa shape index (κ2) is 5.54. The fraction of sp³-hybridized carbons (Fsp3) is 0.125. The normalized spacial score (nSPS) is 10.7. The van der Waals surface area contributed by atoms with E-state index in [2.05, 4.69) is 10.3 Å². The van der Waals surface area contributed by atoms with Crippen LogP contribution >= 0.6 is 11.3 Å². The molecular formula is C16H14N2O2S. The Labute approximate surface area is 125 Å². The van der Waals surface area contributed by atoms with Gasteiger partial charge in [0, 0.05) is 17.6 Å². The maximum Gasteiger partial charge on any atom is 0.261 e. The van der Waals surface area contributed by atoms with Gasteiger partial charge in [-0.25, -0.2) is 0 Å². The van der Waals surface area contributed by atoms with Crippen LogP contribution in [0, 0.1) is 6.92 Å². The molecule has 2 heterocycles. The number of carbonyl (C=O) groups is 1. The molecule has 2 N–H and O–H groups in total. The van der Waals surface area contributed by atoms with Crippen molar-refractivity contribution in [2.75, 3.05) is 0 Å².